The zero-order chi connectivity index (χ0) is 51.5. The van der Waals surface area contributed by atoms with Crippen molar-refractivity contribution in [2.75, 3.05) is 14.7 Å². The van der Waals surface area contributed by atoms with Crippen LogP contribution in [-0.4, -0.2) is 6.71 Å². The number of hydrogen-bond acceptors (Lipinski definition) is 4. The van der Waals surface area contributed by atoms with E-state index in [1.54, 1.807) is 0 Å². The molecule has 3 heterocycles. The van der Waals surface area contributed by atoms with Gasteiger partial charge < -0.3 is 14.7 Å². The number of fused-ring (bicyclic) bond motifs is 9. The zero-order valence-electron chi connectivity index (χ0n) is 44.5. The third-order valence-corrected chi connectivity index (χ3v) is 17.1. The molecule has 0 unspecified atom stereocenters. The van der Waals surface area contributed by atoms with Gasteiger partial charge in [0.05, 0.1) is 17.1 Å². The SMILES string of the molecule is CC(C)(C)c1ccc(N2c3cccc4c3B(c3ccc(N(c5ccc(C(C)(C)C)cc5)c5cc6ccccc6c6ccccc56)cc3N4c3ccccc3-c3ccccc3)c3sc4ccc(C(C)(C)C)cc4c32)cc1. The summed E-state index contributed by atoms with van der Waals surface area (Å²) in [4.78, 5) is 7.70. The number of anilines is 9. The summed E-state index contributed by atoms with van der Waals surface area (Å²) in [6.07, 6.45) is 0. The average molecular weight is 988 g/mol. The predicted octanol–water partition coefficient (Wildman–Crippen LogP) is 18.3. The standard InChI is InChI=1S/C70H62BN3S/c1-68(2,3)47-30-35-50(36-31-47)72(62-42-46-22-13-14-23-53(46)55-25-15-16-26-56(55)62)52-39-40-58-63(44-52)74(59-27-18-17-24-54(59)45-20-11-10-12-21-45)61-29-19-28-60-65(61)71(58)67-66(57-43-49(70(7,8)9)34-41-64(57)75-67)73(60)51-37-32-48(33-38-51)69(4,5)6/h10-44H,1-9H3. The zero-order valence-corrected chi connectivity index (χ0v) is 45.4. The van der Waals surface area contributed by atoms with Crippen molar-refractivity contribution in [3.05, 3.63) is 229 Å². The summed E-state index contributed by atoms with van der Waals surface area (Å²) < 4.78 is 2.68. The Hall–Kier alpha value is -7.86. The van der Waals surface area contributed by atoms with Gasteiger partial charge in [0.25, 0.3) is 6.71 Å². The highest BCUT2D eigenvalue weighted by atomic mass is 32.1. The van der Waals surface area contributed by atoms with E-state index < -0.39 is 0 Å². The minimum absolute atomic E-state index is 0.00886. The molecule has 2 aliphatic rings. The van der Waals surface area contributed by atoms with E-state index in [4.69, 9.17) is 0 Å². The van der Waals surface area contributed by atoms with Gasteiger partial charge in [0.2, 0.25) is 0 Å². The van der Waals surface area contributed by atoms with E-state index in [-0.39, 0.29) is 23.0 Å². The maximum Gasteiger partial charge on any atom is 0.264 e. The van der Waals surface area contributed by atoms with E-state index in [1.165, 1.54) is 104 Å². The minimum atomic E-state index is -0.0306. The van der Waals surface area contributed by atoms with Crippen molar-refractivity contribution in [3.63, 3.8) is 0 Å². The fraction of sp³-hybridized carbons (Fsp3) is 0.171. The number of benzene rings is 10. The van der Waals surface area contributed by atoms with Gasteiger partial charge in [-0.25, -0.2) is 0 Å². The summed E-state index contributed by atoms with van der Waals surface area (Å²) in [7, 11) is 0. The molecule has 0 N–H and O–H groups in total. The normalized spacial score (nSPS) is 13.3. The molecule has 5 heteroatoms. The third-order valence-electron chi connectivity index (χ3n) is 15.9. The lowest BCUT2D eigenvalue weighted by molar-refractivity contribution is 0.590. The smallest absolute Gasteiger partial charge is 0.264 e. The topological polar surface area (TPSA) is 9.72 Å². The molecule has 11 aromatic rings. The van der Waals surface area contributed by atoms with E-state index in [9.17, 15) is 0 Å². The molecule has 0 bridgehead atoms. The van der Waals surface area contributed by atoms with E-state index in [0.29, 0.717) is 0 Å². The number of thiophene rings is 1. The van der Waals surface area contributed by atoms with Crippen LogP contribution in [0.25, 0.3) is 42.8 Å². The lowest BCUT2D eigenvalue weighted by atomic mass is 9.36. The van der Waals surface area contributed by atoms with Crippen molar-refractivity contribution in [3.8, 4) is 11.1 Å². The molecule has 0 amide bonds. The van der Waals surface area contributed by atoms with Gasteiger partial charge in [0.1, 0.15) is 0 Å². The summed E-state index contributed by atoms with van der Waals surface area (Å²) in [5.41, 5.74) is 19.5. The molecule has 75 heavy (non-hydrogen) atoms. The van der Waals surface area contributed by atoms with E-state index in [1.807, 2.05) is 11.3 Å². The Kier molecular flexibility index (Phi) is 10.9. The highest BCUT2D eigenvalue weighted by molar-refractivity contribution is 7.33. The minimum Gasteiger partial charge on any atom is -0.311 e. The van der Waals surface area contributed by atoms with Crippen molar-refractivity contribution in [1.82, 2.24) is 0 Å². The molecule has 0 fully saturated rings. The Balaban J connectivity index is 1.12. The van der Waals surface area contributed by atoms with Crippen molar-refractivity contribution < 1.29 is 0 Å². The van der Waals surface area contributed by atoms with Crippen LogP contribution in [0, 0.1) is 0 Å². The molecule has 0 aliphatic carbocycles. The monoisotopic (exact) mass is 987 g/mol. The summed E-state index contributed by atoms with van der Waals surface area (Å²) in [6.45, 7) is 20.8. The number of rotatable bonds is 6. The van der Waals surface area contributed by atoms with Gasteiger partial charge in [0, 0.05) is 59.9 Å². The van der Waals surface area contributed by atoms with Crippen LogP contribution in [0.2, 0.25) is 0 Å². The second kappa shape index (κ2) is 17.4. The van der Waals surface area contributed by atoms with Gasteiger partial charge in [-0.3, -0.25) is 0 Å². The van der Waals surface area contributed by atoms with Crippen LogP contribution >= 0.6 is 11.3 Å². The molecule has 2 aliphatic heterocycles. The Bertz CT molecular complexity index is 4020. The van der Waals surface area contributed by atoms with E-state index in [0.717, 1.165) is 22.7 Å². The van der Waals surface area contributed by atoms with Crippen LogP contribution in [-0.2, 0) is 16.2 Å². The van der Waals surface area contributed by atoms with Crippen LogP contribution in [0.15, 0.2) is 212 Å². The molecule has 13 rings (SSSR count). The Morgan fingerprint density at radius 3 is 1.69 bits per heavy atom. The molecule has 0 saturated carbocycles. The molecule has 0 radical (unpaired) electrons. The van der Waals surface area contributed by atoms with Gasteiger partial charge in [0.15, 0.2) is 0 Å². The van der Waals surface area contributed by atoms with Gasteiger partial charge >= 0.3 is 0 Å². The first-order valence-electron chi connectivity index (χ1n) is 26.6. The maximum absolute atomic E-state index is 2.59. The first-order chi connectivity index (χ1) is 36.1. The molecule has 1 aromatic heterocycles. The lowest BCUT2D eigenvalue weighted by Gasteiger charge is -2.44. The highest BCUT2D eigenvalue weighted by Gasteiger charge is 2.46. The molecular formula is C70H62BN3S. The largest absolute Gasteiger partial charge is 0.311 e. The van der Waals surface area contributed by atoms with Crippen molar-refractivity contribution >= 4 is 117 Å². The summed E-state index contributed by atoms with van der Waals surface area (Å²) in [5, 5.41) is 6.23. The van der Waals surface area contributed by atoms with Gasteiger partial charge in [-0.1, -0.05) is 202 Å². The van der Waals surface area contributed by atoms with Crippen LogP contribution in [0.5, 0.6) is 0 Å². The van der Waals surface area contributed by atoms with Crippen LogP contribution in [0.4, 0.5) is 51.2 Å². The van der Waals surface area contributed by atoms with Crippen molar-refractivity contribution in [2.24, 2.45) is 0 Å². The molecule has 0 spiro atoms. The molecule has 0 saturated heterocycles. The van der Waals surface area contributed by atoms with Crippen LogP contribution in [0.3, 0.4) is 0 Å². The van der Waals surface area contributed by atoms with Gasteiger partial charge in [-0.2, -0.15) is 0 Å². The number of para-hydroxylation sites is 1. The molecule has 0 atom stereocenters. The molecule has 3 nitrogen and oxygen atoms in total. The average Bonchev–Trinajstić information content (AvgIpc) is 3.79. The maximum atomic E-state index is 2.59. The summed E-state index contributed by atoms with van der Waals surface area (Å²) >= 11 is 1.96. The highest BCUT2D eigenvalue weighted by Crippen LogP contribution is 2.51. The van der Waals surface area contributed by atoms with Crippen LogP contribution in [0.1, 0.15) is 79.0 Å². The molecule has 366 valence electrons. The fourth-order valence-corrected chi connectivity index (χ4v) is 13.2. The fourth-order valence-electron chi connectivity index (χ4n) is 11.9. The Morgan fingerprint density at radius 2 is 0.987 bits per heavy atom. The van der Waals surface area contributed by atoms with Crippen LogP contribution < -0.4 is 30.4 Å². The second-order valence-corrected chi connectivity index (χ2v) is 24.9. The summed E-state index contributed by atoms with van der Waals surface area (Å²) in [5.74, 6) is 0. The third kappa shape index (κ3) is 7.77. The first kappa shape index (κ1) is 46.9. The summed E-state index contributed by atoms with van der Waals surface area (Å²) in [6, 6.07) is 80.4. The van der Waals surface area contributed by atoms with E-state index in [2.05, 4.69) is 289 Å². The predicted molar refractivity (Wildman–Crippen MR) is 327 cm³/mol. The lowest BCUT2D eigenvalue weighted by Crippen LogP contribution is -2.60. The van der Waals surface area contributed by atoms with Gasteiger partial charge in [-0.05, 0) is 138 Å². The van der Waals surface area contributed by atoms with Crippen molar-refractivity contribution in [1.29, 1.82) is 0 Å². The molecular weight excluding hydrogens is 926 g/mol. The second-order valence-electron chi connectivity index (χ2n) is 23.8. The van der Waals surface area contributed by atoms with Crippen molar-refractivity contribution in [2.45, 2.75) is 78.6 Å². The molecule has 10 aromatic carbocycles. The first-order valence-corrected chi connectivity index (χ1v) is 27.4. The number of hydrogen-bond donors (Lipinski definition) is 0. The van der Waals surface area contributed by atoms with E-state index >= 15 is 0 Å². The number of nitrogens with zero attached hydrogens (tertiary/aromatic N) is 3. The Morgan fingerprint density at radius 1 is 0.413 bits per heavy atom. The quantitative estimate of drug-likeness (QED) is 0.121. The Labute approximate surface area is 447 Å². The van der Waals surface area contributed by atoms with Gasteiger partial charge in [-0.15, -0.1) is 11.3 Å².